The Labute approximate surface area is 98.5 Å². The van der Waals surface area contributed by atoms with E-state index in [-0.39, 0.29) is 10.8 Å². The van der Waals surface area contributed by atoms with E-state index in [1.807, 2.05) is 12.1 Å². The molecule has 16 heavy (non-hydrogen) atoms. The highest BCUT2D eigenvalue weighted by Gasteiger charge is 2.21. The van der Waals surface area contributed by atoms with Crippen LogP contribution in [0.1, 0.15) is 52.9 Å². The molecule has 0 amide bonds. The van der Waals surface area contributed by atoms with Gasteiger partial charge in [0.1, 0.15) is 0 Å². The van der Waals surface area contributed by atoms with Crippen LogP contribution >= 0.6 is 0 Å². The molecule has 0 aromatic carbocycles. The molecule has 0 N–H and O–H groups in total. The van der Waals surface area contributed by atoms with E-state index in [2.05, 4.69) is 51.4 Å². The number of nitrogens with zero attached hydrogens (tertiary/aromatic N) is 2. The van der Waals surface area contributed by atoms with Crippen molar-refractivity contribution in [2.24, 2.45) is 0 Å². The Morgan fingerprint density at radius 2 is 1.31 bits per heavy atom. The number of rotatable bonds is 0. The lowest BCUT2D eigenvalue weighted by molar-refractivity contribution is 0.532. The normalized spacial score (nSPS) is 12.3. The van der Waals surface area contributed by atoms with Gasteiger partial charge >= 0.3 is 0 Å². The Kier molecular flexibility index (Phi) is 3.10. The zero-order chi connectivity index (χ0) is 12.6. The second-order valence-electron chi connectivity index (χ2n) is 6.21. The standard InChI is InChI=1S/C14H20N2/c1-13(2,3)11-8-10(15-7)9-12(16-11)14(4,5)6/h8-9H,1-6H3. The monoisotopic (exact) mass is 216 g/mol. The van der Waals surface area contributed by atoms with Gasteiger partial charge in [-0.25, -0.2) is 4.85 Å². The smallest absolute Gasteiger partial charge is 0.190 e. The Morgan fingerprint density at radius 1 is 0.938 bits per heavy atom. The summed E-state index contributed by atoms with van der Waals surface area (Å²) in [7, 11) is 0. The Bertz CT molecular complexity index is 393. The van der Waals surface area contributed by atoms with Crippen molar-refractivity contribution in [3.8, 4) is 0 Å². The quantitative estimate of drug-likeness (QED) is 0.593. The minimum atomic E-state index is -0.0132. The van der Waals surface area contributed by atoms with Gasteiger partial charge < -0.3 is 0 Å². The van der Waals surface area contributed by atoms with Crippen molar-refractivity contribution < 1.29 is 0 Å². The summed E-state index contributed by atoms with van der Waals surface area (Å²) in [5.74, 6) is 0. The predicted molar refractivity (Wildman–Crippen MR) is 67.9 cm³/mol. The zero-order valence-corrected chi connectivity index (χ0v) is 11.0. The summed E-state index contributed by atoms with van der Waals surface area (Å²) in [5.41, 5.74) is 2.64. The van der Waals surface area contributed by atoms with Gasteiger partial charge in [0.05, 0.1) is 6.57 Å². The zero-order valence-electron chi connectivity index (χ0n) is 11.0. The van der Waals surface area contributed by atoms with Gasteiger partial charge in [0.25, 0.3) is 0 Å². The third-order valence-corrected chi connectivity index (χ3v) is 2.48. The van der Waals surface area contributed by atoms with Gasteiger partial charge in [-0.05, 0) is 12.1 Å². The van der Waals surface area contributed by atoms with Crippen molar-refractivity contribution >= 4 is 5.69 Å². The summed E-state index contributed by atoms with van der Waals surface area (Å²) in [5, 5.41) is 0. The van der Waals surface area contributed by atoms with E-state index in [9.17, 15) is 0 Å². The van der Waals surface area contributed by atoms with Crippen LogP contribution in [0.15, 0.2) is 12.1 Å². The van der Waals surface area contributed by atoms with E-state index in [0.717, 1.165) is 11.4 Å². The molecular weight excluding hydrogens is 196 g/mol. The second kappa shape index (κ2) is 3.90. The lowest BCUT2D eigenvalue weighted by Gasteiger charge is -2.24. The molecule has 0 saturated carbocycles. The SMILES string of the molecule is [C-]#[N+]c1cc(C(C)(C)C)nc(C(C)(C)C)c1. The summed E-state index contributed by atoms with van der Waals surface area (Å²) >= 11 is 0. The number of hydrogen-bond donors (Lipinski definition) is 0. The van der Waals surface area contributed by atoms with Crippen LogP contribution in [0.3, 0.4) is 0 Å². The minimum Gasteiger partial charge on any atom is -0.259 e. The lowest BCUT2D eigenvalue weighted by atomic mass is 9.87. The topological polar surface area (TPSA) is 17.2 Å². The highest BCUT2D eigenvalue weighted by molar-refractivity contribution is 5.48. The average molecular weight is 216 g/mol. The van der Waals surface area contributed by atoms with Crippen LogP contribution in [0.4, 0.5) is 5.69 Å². The van der Waals surface area contributed by atoms with Crippen molar-refractivity contribution in [3.05, 3.63) is 34.9 Å². The van der Waals surface area contributed by atoms with Gasteiger partial charge in [-0.15, -0.1) is 0 Å². The van der Waals surface area contributed by atoms with E-state index in [4.69, 9.17) is 6.57 Å². The summed E-state index contributed by atoms with van der Waals surface area (Å²) < 4.78 is 0. The van der Waals surface area contributed by atoms with Gasteiger partial charge in [0.15, 0.2) is 5.69 Å². The summed E-state index contributed by atoms with van der Waals surface area (Å²) in [6, 6.07) is 3.78. The van der Waals surface area contributed by atoms with Crippen LogP contribution in [0.5, 0.6) is 0 Å². The Balaban J connectivity index is 3.41. The molecule has 0 radical (unpaired) electrons. The molecule has 1 heterocycles. The maximum Gasteiger partial charge on any atom is 0.190 e. The van der Waals surface area contributed by atoms with E-state index in [1.165, 1.54) is 0 Å². The van der Waals surface area contributed by atoms with E-state index in [0.29, 0.717) is 5.69 Å². The third kappa shape index (κ3) is 2.82. The molecule has 0 aliphatic carbocycles. The van der Waals surface area contributed by atoms with Crippen molar-refractivity contribution in [1.82, 2.24) is 4.98 Å². The molecule has 86 valence electrons. The van der Waals surface area contributed by atoms with Crippen LogP contribution < -0.4 is 0 Å². The molecule has 1 aromatic rings. The number of pyridine rings is 1. The molecule has 2 nitrogen and oxygen atoms in total. The van der Waals surface area contributed by atoms with Gasteiger partial charge in [-0.2, -0.15) is 0 Å². The maximum atomic E-state index is 7.14. The highest BCUT2D eigenvalue weighted by Crippen LogP contribution is 2.29. The lowest BCUT2D eigenvalue weighted by Crippen LogP contribution is -2.19. The van der Waals surface area contributed by atoms with E-state index < -0.39 is 0 Å². The first-order valence-electron chi connectivity index (χ1n) is 5.55. The molecule has 1 rings (SSSR count). The summed E-state index contributed by atoms with van der Waals surface area (Å²) in [6.07, 6.45) is 0. The maximum absolute atomic E-state index is 7.14. The van der Waals surface area contributed by atoms with Gasteiger partial charge in [-0.1, -0.05) is 41.5 Å². The molecule has 0 bridgehead atoms. The van der Waals surface area contributed by atoms with Gasteiger partial charge in [0, 0.05) is 22.2 Å². The van der Waals surface area contributed by atoms with Crippen molar-refractivity contribution in [2.45, 2.75) is 52.4 Å². The molecule has 0 aliphatic heterocycles. The molecule has 2 heteroatoms. The van der Waals surface area contributed by atoms with Crippen molar-refractivity contribution in [1.29, 1.82) is 0 Å². The van der Waals surface area contributed by atoms with Gasteiger partial charge in [0.2, 0.25) is 0 Å². The van der Waals surface area contributed by atoms with Crippen LogP contribution in [-0.2, 0) is 10.8 Å². The minimum absolute atomic E-state index is 0.0132. The summed E-state index contributed by atoms with van der Waals surface area (Å²) in [6.45, 7) is 19.9. The first-order valence-corrected chi connectivity index (χ1v) is 5.55. The molecule has 1 aromatic heterocycles. The molecule has 0 saturated heterocycles. The summed E-state index contributed by atoms with van der Waals surface area (Å²) in [4.78, 5) is 8.21. The number of aromatic nitrogens is 1. The van der Waals surface area contributed by atoms with Crippen molar-refractivity contribution in [3.63, 3.8) is 0 Å². The average Bonchev–Trinajstić information content (AvgIpc) is 2.14. The molecule has 0 aliphatic rings. The Hall–Kier alpha value is -1.36. The van der Waals surface area contributed by atoms with Crippen LogP contribution in [0.2, 0.25) is 0 Å². The van der Waals surface area contributed by atoms with Crippen LogP contribution in [0, 0.1) is 6.57 Å². The molecule has 0 spiro atoms. The highest BCUT2D eigenvalue weighted by atomic mass is 14.8. The van der Waals surface area contributed by atoms with Crippen LogP contribution in [0.25, 0.3) is 4.85 Å². The second-order valence-corrected chi connectivity index (χ2v) is 6.21. The van der Waals surface area contributed by atoms with Gasteiger partial charge in [-0.3, -0.25) is 4.98 Å². The Morgan fingerprint density at radius 3 is 1.56 bits per heavy atom. The fourth-order valence-electron chi connectivity index (χ4n) is 1.35. The van der Waals surface area contributed by atoms with Crippen molar-refractivity contribution in [2.75, 3.05) is 0 Å². The van der Waals surface area contributed by atoms with Crippen LogP contribution in [-0.4, -0.2) is 4.98 Å². The molecule has 0 atom stereocenters. The predicted octanol–water partition coefficient (Wildman–Crippen LogP) is 4.23. The molecule has 0 unspecified atom stereocenters. The van der Waals surface area contributed by atoms with E-state index >= 15 is 0 Å². The first-order chi connectivity index (χ1) is 7.14. The fourth-order valence-corrected chi connectivity index (χ4v) is 1.35. The largest absolute Gasteiger partial charge is 0.259 e. The first kappa shape index (κ1) is 12.7. The molecular formula is C14H20N2. The fraction of sp³-hybridized carbons (Fsp3) is 0.571. The number of hydrogen-bond acceptors (Lipinski definition) is 1. The molecule has 0 fully saturated rings. The van der Waals surface area contributed by atoms with E-state index in [1.54, 1.807) is 0 Å². The third-order valence-electron chi connectivity index (χ3n) is 2.48.